The summed E-state index contributed by atoms with van der Waals surface area (Å²) in [5.41, 5.74) is -0.252. The molecule has 0 radical (unpaired) electrons. The number of pyridine rings is 2. The molecule has 0 saturated carbocycles. The molecule has 1 atom stereocenters. The van der Waals surface area contributed by atoms with Crippen LogP contribution in [0.25, 0.3) is 11.3 Å². The van der Waals surface area contributed by atoms with Crippen molar-refractivity contribution in [3.63, 3.8) is 0 Å². The number of alkyl halides is 2. The fourth-order valence-electron chi connectivity index (χ4n) is 3.12. The minimum Gasteiger partial charge on any atom is -0.493 e. The quantitative estimate of drug-likeness (QED) is 0.632. The van der Waals surface area contributed by atoms with Crippen molar-refractivity contribution in [1.29, 1.82) is 0 Å². The van der Waals surface area contributed by atoms with Crippen molar-refractivity contribution in [2.24, 2.45) is 5.92 Å². The van der Waals surface area contributed by atoms with Crippen molar-refractivity contribution >= 4 is 6.09 Å². The molecule has 158 valence electrons. The first-order chi connectivity index (χ1) is 13.6. The molecule has 0 aliphatic rings. The first-order valence-corrected chi connectivity index (χ1v) is 9.06. The number of nitrogens with zero attached hydrogens (tertiary/aromatic N) is 2. The van der Waals surface area contributed by atoms with Crippen LogP contribution in [0.1, 0.15) is 39.3 Å². The molecular formula is C20H25F2N3O4. The zero-order chi connectivity index (χ0) is 21.6. The topological polar surface area (TPSA) is 93.6 Å². The average molecular weight is 409 g/mol. The van der Waals surface area contributed by atoms with Gasteiger partial charge in [-0.25, -0.2) is 13.6 Å². The molecule has 0 spiro atoms. The largest absolute Gasteiger partial charge is 0.493 e. The lowest BCUT2D eigenvalue weighted by atomic mass is 9.91. The smallest absolute Gasteiger partial charge is 0.405 e. The van der Waals surface area contributed by atoms with E-state index in [1.54, 1.807) is 19.1 Å². The molecule has 0 fully saturated rings. The SMILES string of the molecule is COc1cc(-c2ccnc(C(F)F)c2)ncc1OCC(C)(CC(C)C)NC(=O)O. The maximum atomic E-state index is 12.9. The van der Waals surface area contributed by atoms with E-state index in [0.717, 1.165) is 0 Å². The third-order valence-corrected chi connectivity index (χ3v) is 4.17. The van der Waals surface area contributed by atoms with Gasteiger partial charge >= 0.3 is 6.09 Å². The molecule has 9 heteroatoms. The standard InChI is InChI=1S/C20H25F2N3O4/c1-12(2)9-20(3,25-19(26)27)11-29-17-10-24-14(8-16(17)28-4)13-5-6-23-15(7-13)18(21)22/h5-8,10,12,18,25H,9,11H2,1-4H3,(H,26,27). The molecule has 2 rings (SSSR count). The van der Waals surface area contributed by atoms with Gasteiger partial charge in [-0.1, -0.05) is 13.8 Å². The lowest BCUT2D eigenvalue weighted by Gasteiger charge is -2.31. The number of rotatable bonds is 9. The van der Waals surface area contributed by atoms with Gasteiger partial charge in [-0.3, -0.25) is 9.97 Å². The zero-order valence-corrected chi connectivity index (χ0v) is 16.8. The molecule has 2 heterocycles. The Morgan fingerprint density at radius 3 is 2.59 bits per heavy atom. The van der Waals surface area contributed by atoms with Crippen molar-refractivity contribution in [3.8, 4) is 22.8 Å². The van der Waals surface area contributed by atoms with E-state index in [-0.39, 0.29) is 18.2 Å². The summed E-state index contributed by atoms with van der Waals surface area (Å²) < 4.78 is 36.9. The highest BCUT2D eigenvalue weighted by Crippen LogP contribution is 2.32. The van der Waals surface area contributed by atoms with Crippen LogP contribution in [0.4, 0.5) is 13.6 Å². The normalized spacial score (nSPS) is 13.2. The molecule has 29 heavy (non-hydrogen) atoms. The van der Waals surface area contributed by atoms with Gasteiger partial charge < -0.3 is 19.9 Å². The minimum absolute atomic E-state index is 0.0691. The lowest BCUT2D eigenvalue weighted by Crippen LogP contribution is -2.50. The number of hydrogen-bond donors (Lipinski definition) is 2. The van der Waals surface area contributed by atoms with Gasteiger partial charge in [-0.05, 0) is 31.4 Å². The Hall–Kier alpha value is -2.97. The van der Waals surface area contributed by atoms with Gasteiger partial charge in [0.2, 0.25) is 0 Å². The summed E-state index contributed by atoms with van der Waals surface area (Å²) in [6.45, 7) is 5.81. The Kier molecular flexibility index (Phi) is 7.30. The highest BCUT2D eigenvalue weighted by Gasteiger charge is 2.29. The summed E-state index contributed by atoms with van der Waals surface area (Å²) in [6.07, 6.45) is -0.525. The Balaban J connectivity index is 2.24. The number of methoxy groups -OCH3 is 1. The second-order valence-electron chi connectivity index (χ2n) is 7.37. The van der Waals surface area contributed by atoms with Crippen LogP contribution in [0.3, 0.4) is 0 Å². The van der Waals surface area contributed by atoms with Crippen LogP contribution in [0.2, 0.25) is 0 Å². The molecule has 7 nitrogen and oxygen atoms in total. The number of amides is 1. The molecule has 1 amide bonds. The van der Waals surface area contributed by atoms with E-state index in [4.69, 9.17) is 14.6 Å². The van der Waals surface area contributed by atoms with E-state index in [9.17, 15) is 13.6 Å². The van der Waals surface area contributed by atoms with Gasteiger partial charge in [0.15, 0.2) is 11.5 Å². The summed E-state index contributed by atoms with van der Waals surface area (Å²) in [6, 6.07) is 4.42. The molecule has 0 bridgehead atoms. The van der Waals surface area contributed by atoms with Crippen molar-refractivity contribution in [1.82, 2.24) is 15.3 Å². The Morgan fingerprint density at radius 1 is 1.28 bits per heavy atom. The van der Waals surface area contributed by atoms with E-state index in [1.807, 2.05) is 13.8 Å². The van der Waals surface area contributed by atoms with Crippen LogP contribution in [-0.4, -0.2) is 40.4 Å². The summed E-state index contributed by atoms with van der Waals surface area (Å²) >= 11 is 0. The fraction of sp³-hybridized carbons (Fsp3) is 0.450. The molecule has 2 aromatic rings. The van der Waals surface area contributed by atoms with Crippen molar-refractivity contribution < 1.29 is 28.2 Å². The molecule has 0 aliphatic carbocycles. The van der Waals surface area contributed by atoms with Crippen LogP contribution in [-0.2, 0) is 0 Å². The second kappa shape index (κ2) is 9.49. The summed E-state index contributed by atoms with van der Waals surface area (Å²) in [5.74, 6) is 0.919. The zero-order valence-electron chi connectivity index (χ0n) is 16.8. The maximum Gasteiger partial charge on any atom is 0.405 e. The van der Waals surface area contributed by atoms with Gasteiger partial charge in [0, 0.05) is 17.8 Å². The molecule has 0 aromatic carbocycles. The van der Waals surface area contributed by atoms with E-state index in [2.05, 4.69) is 15.3 Å². The number of carboxylic acid groups (broad SMARTS) is 1. The molecule has 0 saturated heterocycles. The number of ether oxygens (including phenoxy) is 2. The van der Waals surface area contributed by atoms with Gasteiger partial charge in [0.1, 0.15) is 12.3 Å². The number of nitrogens with one attached hydrogen (secondary N) is 1. The van der Waals surface area contributed by atoms with Crippen molar-refractivity contribution in [2.45, 2.75) is 39.2 Å². The molecular weight excluding hydrogens is 384 g/mol. The first kappa shape index (κ1) is 22.3. The van der Waals surface area contributed by atoms with Crippen LogP contribution < -0.4 is 14.8 Å². The number of halogens is 2. The summed E-state index contributed by atoms with van der Waals surface area (Å²) in [5, 5.41) is 11.6. The summed E-state index contributed by atoms with van der Waals surface area (Å²) in [7, 11) is 1.45. The number of carbonyl (C=O) groups is 1. The van der Waals surface area contributed by atoms with Gasteiger partial charge in [-0.2, -0.15) is 0 Å². The van der Waals surface area contributed by atoms with Gasteiger partial charge in [-0.15, -0.1) is 0 Å². The van der Waals surface area contributed by atoms with E-state index in [0.29, 0.717) is 29.2 Å². The first-order valence-electron chi connectivity index (χ1n) is 9.06. The Morgan fingerprint density at radius 2 is 2.00 bits per heavy atom. The minimum atomic E-state index is -2.68. The van der Waals surface area contributed by atoms with Crippen LogP contribution in [0.5, 0.6) is 11.5 Å². The Bertz CT molecular complexity index is 848. The number of hydrogen-bond acceptors (Lipinski definition) is 5. The average Bonchev–Trinajstić information content (AvgIpc) is 2.65. The fourth-order valence-corrected chi connectivity index (χ4v) is 3.12. The third kappa shape index (κ3) is 6.27. The molecule has 1 unspecified atom stereocenters. The van der Waals surface area contributed by atoms with E-state index in [1.165, 1.54) is 25.6 Å². The van der Waals surface area contributed by atoms with Gasteiger partial charge in [0.05, 0.1) is 24.5 Å². The van der Waals surface area contributed by atoms with Crippen molar-refractivity contribution in [2.75, 3.05) is 13.7 Å². The highest BCUT2D eigenvalue weighted by atomic mass is 19.3. The third-order valence-electron chi connectivity index (χ3n) is 4.17. The van der Waals surface area contributed by atoms with Crippen LogP contribution >= 0.6 is 0 Å². The monoisotopic (exact) mass is 409 g/mol. The van der Waals surface area contributed by atoms with E-state index >= 15 is 0 Å². The van der Waals surface area contributed by atoms with Crippen LogP contribution in [0, 0.1) is 5.92 Å². The Labute approximate surface area is 168 Å². The highest BCUT2D eigenvalue weighted by molar-refractivity contribution is 5.65. The molecule has 0 aliphatic heterocycles. The summed E-state index contributed by atoms with van der Waals surface area (Å²) in [4.78, 5) is 19.1. The second-order valence-corrected chi connectivity index (χ2v) is 7.37. The molecule has 2 N–H and O–H groups in total. The predicted molar refractivity (Wildman–Crippen MR) is 103 cm³/mol. The number of aromatic nitrogens is 2. The predicted octanol–water partition coefficient (Wildman–Crippen LogP) is 4.54. The van der Waals surface area contributed by atoms with Crippen molar-refractivity contribution in [3.05, 3.63) is 36.3 Å². The van der Waals surface area contributed by atoms with Crippen LogP contribution in [0.15, 0.2) is 30.6 Å². The van der Waals surface area contributed by atoms with Gasteiger partial charge in [0.25, 0.3) is 6.43 Å². The molecule has 2 aromatic heterocycles. The lowest BCUT2D eigenvalue weighted by molar-refractivity contribution is 0.141. The van der Waals surface area contributed by atoms with E-state index < -0.39 is 18.1 Å². The maximum absolute atomic E-state index is 12.9.